The minimum Gasteiger partial charge on any atom is -0.381 e. The van der Waals surface area contributed by atoms with Crippen molar-refractivity contribution in [3.63, 3.8) is 0 Å². The number of nitrogens with zero attached hydrogens (tertiary/aromatic N) is 6. The molecule has 2 aliphatic heterocycles. The van der Waals surface area contributed by atoms with Gasteiger partial charge >= 0.3 is 0 Å². The Balaban J connectivity index is 1.69. The van der Waals surface area contributed by atoms with Crippen LogP contribution in [-0.2, 0) is 39.2 Å². The quantitative estimate of drug-likeness (QED) is 0.381. The number of hydrogen-bond donors (Lipinski definition) is 0. The Morgan fingerprint density at radius 3 is 2.65 bits per heavy atom. The molecule has 3 aromatic heterocycles. The van der Waals surface area contributed by atoms with Crippen LogP contribution in [-0.4, -0.2) is 68.9 Å². The maximum Gasteiger partial charge on any atom is 0.235 e. The smallest absolute Gasteiger partial charge is 0.235 e. The molecule has 196 valence electrons. The molecule has 10 nitrogen and oxygen atoms in total. The van der Waals surface area contributed by atoms with Crippen molar-refractivity contribution in [2.75, 3.05) is 36.1 Å². The molecule has 0 radical (unpaired) electrons. The van der Waals surface area contributed by atoms with E-state index in [-0.39, 0.29) is 5.75 Å². The summed E-state index contributed by atoms with van der Waals surface area (Å²) in [5.74, 6) is 0.509. The molecular weight excluding hydrogens is 512 g/mol. The maximum atomic E-state index is 13.0. The molecule has 1 atom stereocenters. The lowest BCUT2D eigenvalue weighted by molar-refractivity contribution is 0.0619. The van der Waals surface area contributed by atoms with Gasteiger partial charge in [0, 0.05) is 51.4 Å². The van der Waals surface area contributed by atoms with Crippen LogP contribution >= 0.6 is 0 Å². The molecule has 12 heteroatoms. The average Bonchev–Trinajstić information content (AvgIpc) is 3.51. The van der Waals surface area contributed by atoms with E-state index >= 15 is 0 Å². The fourth-order valence-corrected chi connectivity index (χ4v) is 8.06. The van der Waals surface area contributed by atoms with Gasteiger partial charge in [-0.05, 0) is 50.3 Å². The third-order valence-corrected chi connectivity index (χ3v) is 10.3. The van der Waals surface area contributed by atoms with Crippen LogP contribution in [0.15, 0.2) is 29.3 Å². The van der Waals surface area contributed by atoms with Gasteiger partial charge in [-0.15, -0.1) is 5.10 Å². The first-order valence-electron chi connectivity index (χ1n) is 12.5. The fraction of sp³-hybridized carbons (Fsp3) is 0.480. The van der Waals surface area contributed by atoms with Crippen molar-refractivity contribution in [1.82, 2.24) is 24.5 Å². The Hall–Kier alpha value is -2.83. The van der Waals surface area contributed by atoms with Gasteiger partial charge in [-0.3, -0.25) is 13.5 Å². The molecule has 6 rings (SSSR count). The van der Waals surface area contributed by atoms with Gasteiger partial charge in [0.2, 0.25) is 10.0 Å². The maximum absolute atomic E-state index is 13.0. The van der Waals surface area contributed by atoms with E-state index in [1.807, 2.05) is 20.0 Å². The molecule has 1 unspecified atom stereocenters. The van der Waals surface area contributed by atoms with Crippen LogP contribution in [0.3, 0.4) is 0 Å². The number of aryl methyl sites for hydroxylation is 2. The highest BCUT2D eigenvalue weighted by Gasteiger charge is 2.33. The third-order valence-electron chi connectivity index (χ3n) is 7.51. The van der Waals surface area contributed by atoms with Crippen LogP contribution < -0.4 is 4.31 Å². The zero-order valence-electron chi connectivity index (χ0n) is 21.2. The molecule has 1 aromatic carbocycles. The van der Waals surface area contributed by atoms with Gasteiger partial charge in [0.05, 0.1) is 60.5 Å². The van der Waals surface area contributed by atoms with E-state index in [1.54, 1.807) is 23.2 Å². The van der Waals surface area contributed by atoms with Crippen LogP contribution in [0, 0.1) is 12.8 Å². The van der Waals surface area contributed by atoms with Gasteiger partial charge in [-0.2, -0.15) is 0 Å². The molecule has 2 saturated heterocycles. The highest BCUT2D eigenvalue weighted by atomic mass is 32.2. The number of anilines is 1. The monoisotopic (exact) mass is 542 g/mol. The summed E-state index contributed by atoms with van der Waals surface area (Å²) in [5.41, 5.74) is 5.55. The summed E-state index contributed by atoms with van der Waals surface area (Å²) in [7, 11) is -2.85. The molecule has 2 fully saturated rings. The van der Waals surface area contributed by atoms with Crippen LogP contribution in [0.1, 0.15) is 25.0 Å². The number of benzene rings is 1. The summed E-state index contributed by atoms with van der Waals surface area (Å²) in [6, 6.07) is 5.69. The summed E-state index contributed by atoms with van der Waals surface area (Å²) in [6.45, 7) is 4.48. The number of ether oxygens (including phenoxy) is 1. The third kappa shape index (κ3) is 4.05. The van der Waals surface area contributed by atoms with Crippen molar-refractivity contribution >= 4 is 48.4 Å². The summed E-state index contributed by atoms with van der Waals surface area (Å²) >= 11 is 0. The lowest BCUT2D eigenvalue weighted by Crippen LogP contribution is -2.25. The van der Waals surface area contributed by atoms with Crippen molar-refractivity contribution in [2.24, 2.45) is 13.0 Å². The number of rotatable bonds is 5. The first-order valence-corrected chi connectivity index (χ1v) is 15.7. The van der Waals surface area contributed by atoms with Gasteiger partial charge in [0.1, 0.15) is 0 Å². The summed E-state index contributed by atoms with van der Waals surface area (Å²) < 4.78 is 50.0. The molecule has 0 bridgehead atoms. The van der Waals surface area contributed by atoms with E-state index < -0.39 is 20.8 Å². The standard InChI is InChI=1S/C25H30N6O4S2/c1-16-24(29(2)28-27-16)18-13-20-23(26-14-18)22-19(31-9-4-12-37(31,33)34)5-6-21(36(3)32)25(22)30(20)15-17-7-10-35-11-8-17/h5-6,13-14,17H,4,7-12,15H2,1-3H3. The zero-order valence-corrected chi connectivity index (χ0v) is 22.8. The molecule has 0 amide bonds. The SMILES string of the molecule is Cc1nnn(C)c1-c1cnc2c3c(N4CCCS4(=O)=O)ccc(S(C)=O)c3n(CC3CCOCC3)c2c1. The first-order chi connectivity index (χ1) is 17.8. The normalized spacial score (nSPS) is 19.3. The van der Waals surface area contributed by atoms with Crippen molar-refractivity contribution in [3.05, 3.63) is 30.1 Å². The number of hydrogen-bond acceptors (Lipinski definition) is 7. The van der Waals surface area contributed by atoms with E-state index in [9.17, 15) is 12.6 Å². The number of fused-ring (bicyclic) bond motifs is 3. The highest BCUT2D eigenvalue weighted by molar-refractivity contribution is 7.93. The largest absolute Gasteiger partial charge is 0.381 e. The summed E-state index contributed by atoms with van der Waals surface area (Å²) in [4.78, 5) is 5.59. The first kappa shape index (κ1) is 24.5. The Kier molecular flexibility index (Phi) is 6.08. The van der Waals surface area contributed by atoms with Crippen LogP contribution in [0.4, 0.5) is 5.69 Å². The summed E-state index contributed by atoms with van der Waals surface area (Å²) in [6.07, 6.45) is 5.91. The van der Waals surface area contributed by atoms with Crippen LogP contribution in [0.2, 0.25) is 0 Å². The molecular formula is C25H30N6O4S2. The predicted molar refractivity (Wildman–Crippen MR) is 144 cm³/mol. The van der Waals surface area contributed by atoms with Crippen molar-refractivity contribution in [2.45, 2.75) is 37.6 Å². The molecule has 4 aromatic rings. The number of aromatic nitrogens is 5. The topological polar surface area (TPSA) is 112 Å². The zero-order chi connectivity index (χ0) is 25.9. The minimum absolute atomic E-state index is 0.126. The van der Waals surface area contributed by atoms with E-state index in [2.05, 4.69) is 20.9 Å². The molecule has 2 aliphatic rings. The molecule has 0 aliphatic carbocycles. The fourth-order valence-electron chi connectivity index (χ4n) is 5.75. The average molecular weight is 543 g/mol. The second-order valence-corrected chi connectivity index (χ2v) is 13.3. The van der Waals surface area contributed by atoms with E-state index in [0.717, 1.165) is 59.4 Å². The second kappa shape index (κ2) is 9.17. The Morgan fingerprint density at radius 1 is 1.22 bits per heavy atom. The summed E-state index contributed by atoms with van der Waals surface area (Å²) in [5, 5.41) is 9.10. The molecule has 5 heterocycles. The lowest BCUT2D eigenvalue weighted by atomic mass is 10.0. The van der Waals surface area contributed by atoms with Gasteiger partial charge in [-0.1, -0.05) is 5.21 Å². The molecule has 0 spiro atoms. The van der Waals surface area contributed by atoms with Gasteiger partial charge in [-0.25, -0.2) is 13.1 Å². The second-order valence-electron chi connectivity index (χ2n) is 9.91. The molecule has 0 N–H and O–H groups in total. The van der Waals surface area contributed by atoms with Crippen molar-refractivity contribution in [3.8, 4) is 11.3 Å². The van der Waals surface area contributed by atoms with Crippen molar-refractivity contribution in [1.29, 1.82) is 0 Å². The van der Waals surface area contributed by atoms with E-state index in [1.165, 1.54) is 4.31 Å². The molecule has 37 heavy (non-hydrogen) atoms. The molecule has 0 saturated carbocycles. The van der Waals surface area contributed by atoms with E-state index in [4.69, 9.17) is 9.72 Å². The van der Waals surface area contributed by atoms with Gasteiger partial charge in [0.25, 0.3) is 0 Å². The van der Waals surface area contributed by atoms with Crippen molar-refractivity contribution < 1.29 is 17.4 Å². The van der Waals surface area contributed by atoms with E-state index in [0.29, 0.717) is 41.5 Å². The highest BCUT2D eigenvalue weighted by Crippen LogP contribution is 2.42. The Labute approximate surface area is 218 Å². The van der Waals surface area contributed by atoms with Crippen LogP contribution in [0.5, 0.6) is 0 Å². The van der Waals surface area contributed by atoms with Gasteiger partial charge in [0.15, 0.2) is 0 Å². The number of sulfonamides is 1. The Morgan fingerprint density at radius 2 is 2.00 bits per heavy atom. The predicted octanol–water partition coefficient (Wildman–Crippen LogP) is 3.00. The number of pyridine rings is 1. The minimum atomic E-state index is -3.42. The van der Waals surface area contributed by atoms with Crippen LogP contribution in [0.25, 0.3) is 33.2 Å². The Bertz CT molecular complexity index is 1630. The van der Waals surface area contributed by atoms with Gasteiger partial charge < -0.3 is 9.30 Å². The lowest BCUT2D eigenvalue weighted by Gasteiger charge is -2.24.